The van der Waals surface area contributed by atoms with Crippen molar-refractivity contribution in [2.45, 2.75) is 0 Å². The van der Waals surface area contributed by atoms with Gasteiger partial charge in [-0.25, -0.2) is 4.39 Å². The number of nitrogens with zero attached hydrogens (tertiary/aromatic N) is 2. The van der Waals surface area contributed by atoms with Crippen LogP contribution in [-0.4, -0.2) is 21.9 Å². The van der Waals surface area contributed by atoms with Crippen LogP contribution < -0.4 is 14.4 Å². The summed E-state index contributed by atoms with van der Waals surface area (Å²) in [6.07, 6.45) is 1.35. The summed E-state index contributed by atoms with van der Waals surface area (Å²) in [7, 11) is 0. The zero-order valence-corrected chi connectivity index (χ0v) is 15.0. The molecule has 2 aliphatic heterocycles. The minimum atomic E-state index is -0.593. The molecule has 0 radical (unpaired) electrons. The number of amides is 1. The topological polar surface area (TPSA) is 81.9 Å². The van der Waals surface area contributed by atoms with E-state index in [-0.39, 0.29) is 38.7 Å². The van der Waals surface area contributed by atoms with Gasteiger partial charge < -0.3 is 9.47 Å². The van der Waals surface area contributed by atoms with Crippen LogP contribution in [0.25, 0.3) is 6.08 Å². The SMILES string of the molecule is O=C1/C(=C\c2cc3c(cc2[N+](=O)[O-])OCO3)SC(=S)N1c1ccccc1F. The molecule has 0 unspecified atom stereocenters. The van der Waals surface area contributed by atoms with Gasteiger partial charge in [-0.2, -0.15) is 0 Å². The summed E-state index contributed by atoms with van der Waals surface area (Å²) in [6, 6.07) is 8.42. The van der Waals surface area contributed by atoms with E-state index in [1.807, 2.05) is 0 Å². The van der Waals surface area contributed by atoms with E-state index in [1.54, 1.807) is 6.07 Å². The fraction of sp³-hybridized carbons (Fsp3) is 0.0588. The second-order valence-electron chi connectivity index (χ2n) is 5.49. The first-order valence-corrected chi connectivity index (χ1v) is 8.78. The molecule has 2 aromatic carbocycles. The molecule has 0 bridgehead atoms. The zero-order chi connectivity index (χ0) is 19.1. The highest BCUT2D eigenvalue weighted by Crippen LogP contribution is 2.41. The zero-order valence-electron chi connectivity index (χ0n) is 13.4. The second kappa shape index (κ2) is 6.63. The Hall–Kier alpha value is -2.98. The van der Waals surface area contributed by atoms with Gasteiger partial charge >= 0.3 is 0 Å². The highest BCUT2D eigenvalue weighted by Gasteiger charge is 2.35. The number of thioether (sulfide) groups is 1. The minimum Gasteiger partial charge on any atom is -0.454 e. The van der Waals surface area contributed by atoms with Crippen LogP contribution >= 0.6 is 24.0 Å². The third kappa shape index (κ3) is 3.02. The fourth-order valence-electron chi connectivity index (χ4n) is 2.67. The summed E-state index contributed by atoms with van der Waals surface area (Å²) in [5, 5.41) is 11.4. The number of hydrogen-bond acceptors (Lipinski definition) is 7. The molecule has 1 saturated heterocycles. The van der Waals surface area contributed by atoms with Gasteiger partial charge in [0.05, 0.1) is 27.1 Å². The molecule has 0 spiro atoms. The van der Waals surface area contributed by atoms with Gasteiger partial charge in [-0.05, 0) is 24.3 Å². The largest absolute Gasteiger partial charge is 0.454 e. The van der Waals surface area contributed by atoms with Gasteiger partial charge in [0, 0.05) is 0 Å². The Morgan fingerprint density at radius 1 is 1.26 bits per heavy atom. The van der Waals surface area contributed by atoms with Crippen LogP contribution in [0.3, 0.4) is 0 Å². The quantitative estimate of drug-likeness (QED) is 0.332. The first-order chi connectivity index (χ1) is 13.0. The van der Waals surface area contributed by atoms with Crippen LogP contribution in [0.5, 0.6) is 11.5 Å². The van der Waals surface area contributed by atoms with E-state index in [4.69, 9.17) is 21.7 Å². The molecule has 1 amide bonds. The predicted octanol–water partition coefficient (Wildman–Crippen LogP) is 3.87. The summed E-state index contributed by atoms with van der Waals surface area (Å²) in [6.45, 7) is -0.0364. The molecule has 2 heterocycles. The lowest BCUT2D eigenvalue weighted by atomic mass is 10.1. The molecule has 0 N–H and O–H groups in total. The van der Waals surface area contributed by atoms with Crippen LogP contribution in [0.1, 0.15) is 5.56 Å². The molecule has 10 heteroatoms. The molecule has 0 aliphatic carbocycles. The normalized spacial score (nSPS) is 17.1. The Balaban J connectivity index is 1.76. The lowest BCUT2D eigenvalue weighted by Crippen LogP contribution is -2.28. The van der Waals surface area contributed by atoms with Crippen molar-refractivity contribution in [3.63, 3.8) is 0 Å². The summed E-state index contributed by atoms with van der Waals surface area (Å²) in [5.41, 5.74) is -0.0442. The average molecular weight is 404 g/mol. The van der Waals surface area contributed by atoms with Gasteiger partial charge in [-0.1, -0.05) is 36.1 Å². The number of nitro benzene ring substituents is 1. The maximum Gasteiger partial charge on any atom is 0.280 e. The van der Waals surface area contributed by atoms with E-state index < -0.39 is 16.6 Å². The first-order valence-electron chi connectivity index (χ1n) is 7.56. The van der Waals surface area contributed by atoms with E-state index in [0.29, 0.717) is 5.75 Å². The summed E-state index contributed by atoms with van der Waals surface area (Å²) in [5.74, 6) is -0.541. The third-order valence-corrected chi connectivity index (χ3v) is 5.19. The van der Waals surface area contributed by atoms with Crippen LogP contribution in [-0.2, 0) is 4.79 Å². The number of carbonyl (C=O) groups excluding carboxylic acids is 1. The van der Waals surface area contributed by atoms with Crippen molar-refractivity contribution in [3.05, 3.63) is 62.8 Å². The van der Waals surface area contributed by atoms with E-state index in [0.717, 1.165) is 16.7 Å². The van der Waals surface area contributed by atoms with E-state index in [1.165, 1.54) is 36.4 Å². The molecule has 0 saturated carbocycles. The van der Waals surface area contributed by atoms with Crippen molar-refractivity contribution in [3.8, 4) is 11.5 Å². The number of para-hydroxylation sites is 1. The van der Waals surface area contributed by atoms with Crippen LogP contribution in [0.15, 0.2) is 41.3 Å². The Morgan fingerprint density at radius 3 is 2.67 bits per heavy atom. The Kier molecular flexibility index (Phi) is 4.28. The highest BCUT2D eigenvalue weighted by atomic mass is 32.2. The smallest absolute Gasteiger partial charge is 0.280 e. The van der Waals surface area contributed by atoms with E-state index in [2.05, 4.69) is 0 Å². The monoisotopic (exact) mass is 404 g/mol. The number of halogens is 1. The van der Waals surface area contributed by atoms with Crippen LogP contribution in [0, 0.1) is 15.9 Å². The van der Waals surface area contributed by atoms with Gasteiger partial charge in [0.1, 0.15) is 5.82 Å². The summed E-state index contributed by atoms with van der Waals surface area (Å²) in [4.78, 5) is 24.8. The molecule has 27 heavy (non-hydrogen) atoms. The molecule has 4 rings (SSSR count). The number of hydrogen-bond donors (Lipinski definition) is 0. The molecule has 2 aromatic rings. The fourth-order valence-corrected chi connectivity index (χ4v) is 3.95. The standard InChI is InChI=1S/C17H9FN2O5S2/c18-10-3-1-2-4-11(10)19-16(21)15(27-17(19)26)6-9-5-13-14(25-8-24-13)7-12(9)20(22)23/h1-7H,8H2/b15-6+. The Morgan fingerprint density at radius 2 is 1.96 bits per heavy atom. The maximum atomic E-state index is 14.1. The highest BCUT2D eigenvalue weighted by molar-refractivity contribution is 8.27. The lowest BCUT2D eigenvalue weighted by Gasteiger charge is -2.14. The van der Waals surface area contributed by atoms with Crippen molar-refractivity contribution < 1.29 is 23.6 Å². The Labute approximate surface area is 161 Å². The molecule has 7 nitrogen and oxygen atoms in total. The first kappa shape index (κ1) is 17.4. The summed E-state index contributed by atoms with van der Waals surface area (Å²) < 4.78 is 24.6. The van der Waals surface area contributed by atoms with Crippen molar-refractivity contribution >= 4 is 51.7 Å². The molecule has 136 valence electrons. The number of benzene rings is 2. The van der Waals surface area contributed by atoms with Gasteiger partial charge in [-0.3, -0.25) is 19.8 Å². The average Bonchev–Trinajstić information content (AvgIpc) is 3.19. The van der Waals surface area contributed by atoms with Gasteiger partial charge in [0.15, 0.2) is 15.8 Å². The molecule has 0 aromatic heterocycles. The van der Waals surface area contributed by atoms with Crippen molar-refractivity contribution in [1.82, 2.24) is 0 Å². The summed E-state index contributed by atoms with van der Waals surface area (Å²) >= 11 is 6.14. The minimum absolute atomic E-state index is 0.0311. The van der Waals surface area contributed by atoms with Crippen LogP contribution in [0.4, 0.5) is 15.8 Å². The Bertz CT molecular complexity index is 1040. The van der Waals surface area contributed by atoms with Crippen molar-refractivity contribution in [2.75, 3.05) is 11.7 Å². The maximum absolute atomic E-state index is 14.1. The number of rotatable bonds is 3. The van der Waals surface area contributed by atoms with Crippen molar-refractivity contribution in [2.24, 2.45) is 0 Å². The molecular formula is C17H9FN2O5S2. The van der Waals surface area contributed by atoms with E-state index in [9.17, 15) is 19.3 Å². The molecule has 1 fully saturated rings. The number of carbonyl (C=O) groups is 1. The number of anilines is 1. The van der Waals surface area contributed by atoms with Crippen molar-refractivity contribution in [1.29, 1.82) is 0 Å². The number of fused-ring (bicyclic) bond motifs is 1. The van der Waals surface area contributed by atoms with Gasteiger partial charge in [-0.15, -0.1) is 0 Å². The third-order valence-electron chi connectivity index (χ3n) is 3.89. The molecule has 2 aliphatic rings. The predicted molar refractivity (Wildman–Crippen MR) is 101 cm³/mol. The molecular weight excluding hydrogens is 395 g/mol. The van der Waals surface area contributed by atoms with Crippen LogP contribution in [0.2, 0.25) is 0 Å². The van der Waals surface area contributed by atoms with E-state index >= 15 is 0 Å². The number of nitro groups is 1. The second-order valence-corrected chi connectivity index (χ2v) is 7.17. The lowest BCUT2D eigenvalue weighted by molar-refractivity contribution is -0.385. The van der Waals surface area contributed by atoms with Gasteiger partial charge in [0.25, 0.3) is 11.6 Å². The number of thiocarbonyl (C=S) groups is 1. The molecule has 0 atom stereocenters. The van der Waals surface area contributed by atoms with Gasteiger partial charge in [0.2, 0.25) is 6.79 Å². The number of ether oxygens (including phenoxy) is 2.